The van der Waals surface area contributed by atoms with Crippen molar-refractivity contribution in [3.05, 3.63) is 54.0 Å². The Kier molecular flexibility index (Phi) is 3.03. The van der Waals surface area contributed by atoms with Crippen LogP contribution >= 0.6 is 0 Å². The summed E-state index contributed by atoms with van der Waals surface area (Å²) in [5, 5.41) is 8.39. The fraction of sp³-hybridized carbons (Fsp3) is 0.0526. The second-order valence-electron chi connectivity index (χ2n) is 5.71. The summed E-state index contributed by atoms with van der Waals surface area (Å²) in [4.78, 5) is 11.2. The molecule has 0 radical (unpaired) electrons. The Morgan fingerprint density at radius 3 is 2.21 bits per heavy atom. The van der Waals surface area contributed by atoms with E-state index in [1.807, 2.05) is 30.3 Å². The van der Waals surface area contributed by atoms with E-state index < -0.39 is 0 Å². The van der Waals surface area contributed by atoms with E-state index in [2.05, 4.69) is 11.8 Å². The van der Waals surface area contributed by atoms with Crippen LogP contribution in [0.3, 0.4) is 0 Å². The van der Waals surface area contributed by atoms with Crippen LogP contribution in [0.25, 0.3) is 32.3 Å². The normalized spacial score (nSPS) is 11.3. The van der Waals surface area contributed by atoms with Crippen LogP contribution in [0.15, 0.2) is 54.2 Å². The molecule has 0 aliphatic carbocycles. The van der Waals surface area contributed by atoms with E-state index >= 15 is 0 Å². The smallest absolute Gasteiger partial charge is 0.129 e. The maximum Gasteiger partial charge on any atom is 0.129 e. The van der Waals surface area contributed by atoms with E-state index in [0.717, 1.165) is 32.3 Å². The zero-order valence-corrected chi connectivity index (χ0v) is 12.9. The van der Waals surface area contributed by atoms with Crippen molar-refractivity contribution < 1.29 is 4.74 Å². The highest BCUT2D eigenvalue weighted by molar-refractivity contribution is 6.29. The summed E-state index contributed by atoms with van der Waals surface area (Å²) in [6.07, 6.45) is 1.68. The largest absolute Gasteiger partial charge is 0.489 e. The quantitative estimate of drug-likeness (QED) is 0.247. The lowest BCUT2D eigenvalue weighted by atomic mass is 9.91. The Morgan fingerprint density at radius 2 is 1.54 bits per heavy atom. The number of hydrogen-bond acceptors (Lipinski definition) is 5. The molecule has 4 aromatic carbocycles. The van der Waals surface area contributed by atoms with Gasteiger partial charge in [-0.2, -0.15) is 0 Å². The van der Waals surface area contributed by atoms with Crippen LogP contribution in [0.1, 0.15) is 0 Å². The van der Waals surface area contributed by atoms with Crippen LogP contribution in [-0.2, 0) is 0 Å². The van der Waals surface area contributed by atoms with Gasteiger partial charge in [-0.15, -0.1) is 4.91 Å². The van der Waals surface area contributed by atoms with Gasteiger partial charge in [0.1, 0.15) is 18.0 Å². The molecule has 0 amide bonds. The minimum Gasteiger partial charge on any atom is -0.489 e. The highest BCUT2D eigenvalue weighted by Crippen LogP contribution is 2.45. The lowest BCUT2D eigenvalue weighted by Gasteiger charge is -2.17. The number of rotatable bonds is 4. The second-order valence-corrected chi connectivity index (χ2v) is 5.71. The first kappa shape index (κ1) is 14.3. The number of nitrogen functional groups attached to an aromatic ring is 2. The number of benzene rings is 4. The summed E-state index contributed by atoms with van der Waals surface area (Å²) >= 11 is 0. The third-order valence-corrected chi connectivity index (χ3v) is 4.36. The Labute approximate surface area is 137 Å². The number of nitroso groups, excluding NO2 is 1. The lowest BCUT2D eigenvalue weighted by molar-refractivity contribution is 0.368. The number of ether oxygens (including phenoxy) is 1. The summed E-state index contributed by atoms with van der Waals surface area (Å²) in [6, 6.07) is 11.1. The molecule has 4 N–H and O–H groups in total. The van der Waals surface area contributed by atoms with Gasteiger partial charge in [0, 0.05) is 49.8 Å². The molecule has 0 atom stereocenters. The second kappa shape index (κ2) is 5.09. The van der Waals surface area contributed by atoms with Crippen molar-refractivity contribution in [1.29, 1.82) is 0 Å². The highest BCUT2D eigenvalue weighted by Gasteiger charge is 2.17. The van der Waals surface area contributed by atoms with Gasteiger partial charge in [-0.1, -0.05) is 30.9 Å². The average molecular weight is 317 g/mol. The van der Waals surface area contributed by atoms with Crippen molar-refractivity contribution in [2.75, 3.05) is 18.1 Å². The van der Waals surface area contributed by atoms with E-state index in [1.54, 1.807) is 12.1 Å². The number of anilines is 2. The average Bonchev–Trinajstić information content (AvgIpc) is 2.60. The van der Waals surface area contributed by atoms with E-state index in [9.17, 15) is 4.91 Å². The van der Waals surface area contributed by atoms with E-state index in [4.69, 9.17) is 16.2 Å². The zero-order valence-electron chi connectivity index (χ0n) is 12.9. The SMILES string of the molecule is C=CCOc1cc(N)c2ccc3c(N)cc(N=O)c4ccc1c2c34. The van der Waals surface area contributed by atoms with Crippen molar-refractivity contribution in [3.8, 4) is 5.75 Å². The summed E-state index contributed by atoms with van der Waals surface area (Å²) in [7, 11) is 0. The minimum atomic E-state index is 0.324. The molecular weight excluding hydrogens is 302 g/mol. The molecule has 0 aromatic heterocycles. The molecule has 4 rings (SSSR count). The molecule has 5 nitrogen and oxygen atoms in total. The molecule has 0 bridgehead atoms. The maximum atomic E-state index is 11.2. The molecule has 0 heterocycles. The molecule has 24 heavy (non-hydrogen) atoms. The first-order chi connectivity index (χ1) is 11.7. The Bertz CT molecular complexity index is 1120. The van der Waals surface area contributed by atoms with Gasteiger partial charge in [0.15, 0.2) is 0 Å². The predicted molar refractivity (Wildman–Crippen MR) is 100 cm³/mol. The van der Waals surface area contributed by atoms with Gasteiger partial charge in [0.2, 0.25) is 0 Å². The molecule has 0 aliphatic rings. The fourth-order valence-corrected chi connectivity index (χ4v) is 3.34. The summed E-state index contributed by atoms with van der Waals surface area (Å²) in [5.41, 5.74) is 13.8. The zero-order chi connectivity index (χ0) is 16.8. The first-order valence-electron chi connectivity index (χ1n) is 7.52. The fourth-order valence-electron chi connectivity index (χ4n) is 3.34. The molecular formula is C19H15N3O2. The monoisotopic (exact) mass is 317 g/mol. The molecule has 0 saturated heterocycles. The van der Waals surface area contributed by atoms with E-state index in [0.29, 0.717) is 29.4 Å². The van der Waals surface area contributed by atoms with Crippen LogP contribution in [0.4, 0.5) is 17.1 Å². The Hall–Kier alpha value is -3.34. The molecule has 0 fully saturated rings. The van der Waals surface area contributed by atoms with Gasteiger partial charge in [-0.25, -0.2) is 0 Å². The minimum absolute atomic E-state index is 0.324. The maximum absolute atomic E-state index is 11.2. The van der Waals surface area contributed by atoms with Crippen molar-refractivity contribution in [3.63, 3.8) is 0 Å². The van der Waals surface area contributed by atoms with Gasteiger partial charge in [0.05, 0.1) is 0 Å². The molecule has 0 saturated carbocycles. The van der Waals surface area contributed by atoms with Crippen LogP contribution < -0.4 is 16.2 Å². The molecule has 0 unspecified atom stereocenters. The number of hydrogen-bond donors (Lipinski definition) is 2. The summed E-state index contributed by atoms with van der Waals surface area (Å²) in [6.45, 7) is 4.06. The van der Waals surface area contributed by atoms with Crippen molar-refractivity contribution in [2.45, 2.75) is 0 Å². The third kappa shape index (κ3) is 1.81. The van der Waals surface area contributed by atoms with Crippen molar-refractivity contribution in [2.24, 2.45) is 5.18 Å². The summed E-state index contributed by atoms with van der Waals surface area (Å²) < 4.78 is 5.77. The van der Waals surface area contributed by atoms with Crippen molar-refractivity contribution in [1.82, 2.24) is 0 Å². The van der Waals surface area contributed by atoms with Crippen molar-refractivity contribution >= 4 is 49.4 Å². The highest BCUT2D eigenvalue weighted by atomic mass is 16.5. The Morgan fingerprint density at radius 1 is 0.958 bits per heavy atom. The van der Waals surface area contributed by atoms with Crippen LogP contribution in [0.5, 0.6) is 5.75 Å². The van der Waals surface area contributed by atoms with Gasteiger partial charge >= 0.3 is 0 Å². The van der Waals surface area contributed by atoms with Crippen LogP contribution in [0.2, 0.25) is 0 Å². The third-order valence-electron chi connectivity index (χ3n) is 4.36. The number of nitrogens with two attached hydrogens (primary N) is 2. The first-order valence-corrected chi connectivity index (χ1v) is 7.52. The van der Waals surface area contributed by atoms with Gasteiger partial charge in [-0.05, 0) is 17.3 Å². The van der Waals surface area contributed by atoms with E-state index in [-0.39, 0.29) is 0 Å². The van der Waals surface area contributed by atoms with Crippen LogP contribution in [0, 0.1) is 4.91 Å². The van der Waals surface area contributed by atoms with Gasteiger partial charge < -0.3 is 16.2 Å². The number of nitrogens with zero attached hydrogens (tertiary/aromatic N) is 1. The van der Waals surface area contributed by atoms with Gasteiger partial charge in [-0.3, -0.25) is 0 Å². The van der Waals surface area contributed by atoms with E-state index in [1.165, 1.54) is 0 Å². The summed E-state index contributed by atoms with van der Waals surface area (Å²) in [5.74, 6) is 0.678. The molecule has 118 valence electrons. The molecule has 5 heteroatoms. The Balaban J connectivity index is 2.25. The predicted octanol–water partition coefficient (Wildman–Crippen LogP) is 4.71. The molecule has 0 spiro atoms. The van der Waals surface area contributed by atoms with Gasteiger partial charge in [0.25, 0.3) is 0 Å². The lowest BCUT2D eigenvalue weighted by Crippen LogP contribution is -1.98. The topological polar surface area (TPSA) is 90.7 Å². The molecule has 0 aliphatic heterocycles. The van der Waals surface area contributed by atoms with Crippen LogP contribution in [-0.4, -0.2) is 6.61 Å². The molecule has 4 aromatic rings. The standard InChI is InChI=1S/C19H15N3O2/c1-2-7-24-17-9-15(21)11-4-3-10-14(20)8-16(22-23)12-5-6-13(17)19(11)18(10)12/h2-6,8-9H,1,7,20-21H2.